The molecule has 0 bridgehead atoms. The summed E-state index contributed by atoms with van der Waals surface area (Å²) in [4.78, 5) is 15.5. The van der Waals surface area contributed by atoms with Crippen LogP contribution < -0.4 is 10.6 Å². The molecule has 6 heteroatoms. The summed E-state index contributed by atoms with van der Waals surface area (Å²) in [5.41, 5.74) is 1.30. The zero-order chi connectivity index (χ0) is 16.0. The summed E-state index contributed by atoms with van der Waals surface area (Å²) < 4.78 is 10.3. The van der Waals surface area contributed by atoms with Crippen LogP contribution in [-0.2, 0) is 17.8 Å². The summed E-state index contributed by atoms with van der Waals surface area (Å²) in [5, 5.41) is 5.95. The van der Waals surface area contributed by atoms with Gasteiger partial charge in [-0.1, -0.05) is 12.1 Å². The van der Waals surface area contributed by atoms with Gasteiger partial charge in [-0.3, -0.25) is 5.32 Å². The van der Waals surface area contributed by atoms with Crippen molar-refractivity contribution in [1.82, 2.24) is 10.3 Å². The van der Waals surface area contributed by atoms with E-state index in [0.29, 0.717) is 18.8 Å². The van der Waals surface area contributed by atoms with Gasteiger partial charge in [-0.2, -0.15) is 0 Å². The van der Waals surface area contributed by atoms with Crippen LogP contribution >= 0.6 is 0 Å². The van der Waals surface area contributed by atoms with Gasteiger partial charge in [0.2, 0.25) is 0 Å². The first-order valence-corrected chi connectivity index (χ1v) is 7.09. The molecule has 1 aromatic carbocycles. The molecule has 2 rings (SSSR count). The van der Waals surface area contributed by atoms with Gasteiger partial charge in [-0.25, -0.2) is 9.78 Å². The van der Waals surface area contributed by atoms with Gasteiger partial charge >= 0.3 is 6.09 Å². The van der Waals surface area contributed by atoms with Crippen LogP contribution in [0.3, 0.4) is 0 Å². The first-order valence-electron chi connectivity index (χ1n) is 7.09. The normalized spacial score (nSPS) is 11.2. The van der Waals surface area contributed by atoms with Crippen molar-refractivity contribution in [2.75, 3.05) is 5.32 Å². The lowest BCUT2D eigenvalue weighted by Crippen LogP contribution is -2.27. The van der Waals surface area contributed by atoms with Crippen molar-refractivity contribution >= 4 is 11.8 Å². The largest absolute Gasteiger partial charge is 0.447 e. The van der Waals surface area contributed by atoms with Crippen LogP contribution in [-0.4, -0.2) is 16.7 Å². The molecule has 0 aliphatic rings. The number of aromatic nitrogens is 1. The lowest BCUT2D eigenvalue weighted by Gasteiger charge is -2.19. The van der Waals surface area contributed by atoms with E-state index in [4.69, 9.17) is 9.15 Å². The van der Waals surface area contributed by atoms with E-state index in [1.807, 2.05) is 45.0 Å². The van der Waals surface area contributed by atoms with E-state index in [1.165, 1.54) is 6.39 Å². The molecule has 0 spiro atoms. The number of oxazole rings is 1. The first kappa shape index (κ1) is 16.0. The molecule has 1 amide bonds. The third-order valence-electron chi connectivity index (χ3n) is 2.71. The number of nitrogens with one attached hydrogen (secondary N) is 2. The predicted molar refractivity (Wildman–Crippen MR) is 83.3 cm³/mol. The molecular formula is C16H21N3O3. The Balaban J connectivity index is 1.78. The minimum absolute atomic E-state index is 0.455. The van der Waals surface area contributed by atoms with Gasteiger partial charge in [0.25, 0.3) is 0 Å². The molecule has 2 aromatic rings. The van der Waals surface area contributed by atoms with Gasteiger partial charge in [0.05, 0.1) is 12.7 Å². The van der Waals surface area contributed by atoms with E-state index < -0.39 is 11.7 Å². The molecule has 22 heavy (non-hydrogen) atoms. The zero-order valence-electron chi connectivity index (χ0n) is 13.1. The van der Waals surface area contributed by atoms with E-state index >= 15 is 0 Å². The highest BCUT2D eigenvalue weighted by Gasteiger charge is 2.15. The Labute approximate surface area is 129 Å². The number of amides is 1. The Morgan fingerprint density at radius 1 is 1.23 bits per heavy atom. The zero-order valence-corrected chi connectivity index (χ0v) is 13.1. The molecule has 0 fully saturated rings. The number of hydrogen-bond donors (Lipinski definition) is 2. The fourth-order valence-electron chi connectivity index (χ4n) is 1.79. The van der Waals surface area contributed by atoms with Crippen molar-refractivity contribution in [1.29, 1.82) is 0 Å². The van der Waals surface area contributed by atoms with Crippen molar-refractivity contribution in [3.8, 4) is 0 Å². The summed E-state index contributed by atoms with van der Waals surface area (Å²) in [6.45, 7) is 6.81. The molecule has 1 heterocycles. The van der Waals surface area contributed by atoms with Crippen molar-refractivity contribution in [2.45, 2.75) is 39.5 Å². The van der Waals surface area contributed by atoms with Gasteiger partial charge in [-0.15, -0.1) is 0 Å². The molecule has 118 valence electrons. The van der Waals surface area contributed by atoms with E-state index in [-0.39, 0.29) is 0 Å². The second kappa shape index (κ2) is 7.09. The Morgan fingerprint density at radius 2 is 1.95 bits per heavy atom. The topological polar surface area (TPSA) is 76.4 Å². The van der Waals surface area contributed by atoms with Crippen molar-refractivity contribution in [3.63, 3.8) is 0 Å². The third kappa shape index (κ3) is 5.57. The molecule has 0 saturated carbocycles. The molecule has 2 N–H and O–H groups in total. The van der Waals surface area contributed by atoms with Crippen LogP contribution in [0.4, 0.5) is 10.5 Å². The van der Waals surface area contributed by atoms with Gasteiger partial charge in [0.15, 0.2) is 6.39 Å². The van der Waals surface area contributed by atoms with E-state index in [1.54, 1.807) is 6.20 Å². The van der Waals surface area contributed by atoms with Crippen LogP contribution in [0.25, 0.3) is 0 Å². The van der Waals surface area contributed by atoms with Crippen LogP contribution in [0.1, 0.15) is 32.1 Å². The highest BCUT2D eigenvalue weighted by molar-refractivity contribution is 5.84. The predicted octanol–water partition coefficient (Wildman–Crippen LogP) is 3.31. The number of hydrogen-bond acceptors (Lipinski definition) is 5. The standard InChI is InChI=1S/C16H21N3O3/c1-16(2,3)22-15(20)19-13-6-4-12(5-7-13)8-17-9-14-10-18-11-21-14/h4-7,10-11,17H,8-9H2,1-3H3,(H,19,20). The molecule has 0 radical (unpaired) electrons. The molecule has 0 aliphatic heterocycles. The molecule has 0 aliphatic carbocycles. The maximum Gasteiger partial charge on any atom is 0.412 e. The van der Waals surface area contributed by atoms with Crippen molar-refractivity contribution < 1.29 is 13.9 Å². The lowest BCUT2D eigenvalue weighted by atomic mass is 10.2. The molecular weight excluding hydrogens is 282 g/mol. The Kier molecular flexibility index (Phi) is 5.16. The summed E-state index contributed by atoms with van der Waals surface area (Å²) in [5.74, 6) is 0.795. The van der Waals surface area contributed by atoms with Crippen LogP contribution in [0.15, 0.2) is 41.3 Å². The number of carbonyl (C=O) groups is 1. The minimum atomic E-state index is -0.505. The Hall–Kier alpha value is -2.34. The molecule has 1 aromatic heterocycles. The van der Waals surface area contributed by atoms with Gasteiger partial charge in [0, 0.05) is 12.2 Å². The Bertz CT molecular complexity index is 586. The van der Waals surface area contributed by atoms with Crippen LogP contribution in [0.2, 0.25) is 0 Å². The molecule has 0 unspecified atom stereocenters. The lowest BCUT2D eigenvalue weighted by molar-refractivity contribution is 0.0636. The molecule has 6 nitrogen and oxygen atoms in total. The SMILES string of the molecule is CC(C)(C)OC(=O)Nc1ccc(CNCc2cnco2)cc1. The second-order valence-corrected chi connectivity index (χ2v) is 5.90. The molecule has 0 atom stereocenters. The first-order chi connectivity index (χ1) is 10.4. The summed E-state index contributed by atoms with van der Waals surface area (Å²) in [7, 11) is 0. The number of rotatable bonds is 5. The van der Waals surface area contributed by atoms with Crippen LogP contribution in [0.5, 0.6) is 0 Å². The number of benzene rings is 1. The minimum Gasteiger partial charge on any atom is -0.447 e. The van der Waals surface area contributed by atoms with Gasteiger partial charge in [0.1, 0.15) is 11.4 Å². The van der Waals surface area contributed by atoms with Crippen molar-refractivity contribution in [3.05, 3.63) is 48.2 Å². The highest BCUT2D eigenvalue weighted by Crippen LogP contribution is 2.13. The van der Waals surface area contributed by atoms with Gasteiger partial charge in [-0.05, 0) is 38.5 Å². The summed E-state index contributed by atoms with van der Waals surface area (Å²) >= 11 is 0. The van der Waals surface area contributed by atoms with E-state index in [0.717, 1.165) is 11.3 Å². The van der Waals surface area contributed by atoms with Crippen molar-refractivity contribution in [2.24, 2.45) is 0 Å². The van der Waals surface area contributed by atoms with E-state index in [9.17, 15) is 4.79 Å². The maximum absolute atomic E-state index is 11.7. The maximum atomic E-state index is 11.7. The number of carbonyl (C=O) groups excluding carboxylic acids is 1. The quantitative estimate of drug-likeness (QED) is 0.886. The van der Waals surface area contributed by atoms with E-state index in [2.05, 4.69) is 15.6 Å². The molecule has 0 saturated heterocycles. The second-order valence-electron chi connectivity index (χ2n) is 5.90. The third-order valence-corrected chi connectivity index (χ3v) is 2.71. The number of ether oxygens (including phenoxy) is 1. The fraction of sp³-hybridized carbons (Fsp3) is 0.375. The monoisotopic (exact) mass is 303 g/mol. The average Bonchev–Trinajstić information content (AvgIpc) is 2.92. The average molecular weight is 303 g/mol. The van der Waals surface area contributed by atoms with Crippen LogP contribution in [0, 0.1) is 0 Å². The summed E-state index contributed by atoms with van der Waals surface area (Å²) in [6, 6.07) is 7.57. The number of anilines is 1. The Morgan fingerprint density at radius 3 is 2.55 bits per heavy atom. The fourth-order valence-corrected chi connectivity index (χ4v) is 1.79. The summed E-state index contributed by atoms with van der Waals surface area (Å²) in [6.07, 6.45) is 2.64. The number of nitrogens with zero attached hydrogens (tertiary/aromatic N) is 1. The smallest absolute Gasteiger partial charge is 0.412 e. The highest BCUT2D eigenvalue weighted by atomic mass is 16.6. The van der Waals surface area contributed by atoms with Gasteiger partial charge < -0.3 is 14.5 Å².